The zero-order valence-corrected chi connectivity index (χ0v) is 13.9. The lowest BCUT2D eigenvalue weighted by Crippen LogP contribution is -2.49. The van der Waals surface area contributed by atoms with Crippen molar-refractivity contribution in [1.29, 1.82) is 0 Å². The molecule has 1 saturated carbocycles. The summed E-state index contributed by atoms with van der Waals surface area (Å²) in [5.41, 5.74) is 1.59. The van der Waals surface area contributed by atoms with Gasteiger partial charge in [0.2, 0.25) is 0 Å². The highest BCUT2D eigenvalue weighted by atomic mass is 16.2. The number of fused-ring (bicyclic) bond motifs is 1. The van der Waals surface area contributed by atoms with E-state index in [-0.39, 0.29) is 5.91 Å². The normalized spacial score (nSPS) is 23.6. The Morgan fingerprint density at radius 3 is 2.46 bits per heavy atom. The lowest BCUT2D eigenvalue weighted by molar-refractivity contribution is 0.0390. The molecule has 24 heavy (non-hydrogen) atoms. The third-order valence-electron chi connectivity index (χ3n) is 5.43. The van der Waals surface area contributed by atoms with E-state index in [0.717, 1.165) is 24.9 Å². The molecule has 4 heteroatoms. The molecule has 2 aliphatic rings. The molecule has 124 valence electrons. The number of nitrogens with zero attached hydrogens (tertiary/aromatic N) is 3. The average molecular weight is 321 g/mol. The summed E-state index contributed by atoms with van der Waals surface area (Å²) in [6.45, 7) is 0.875. The minimum atomic E-state index is 0.103. The molecule has 1 aromatic carbocycles. The first-order valence-corrected chi connectivity index (χ1v) is 9.01. The molecule has 0 unspecified atom stereocenters. The molecule has 1 aliphatic heterocycles. The van der Waals surface area contributed by atoms with Gasteiger partial charge >= 0.3 is 0 Å². The first kappa shape index (κ1) is 15.3. The van der Waals surface area contributed by atoms with Gasteiger partial charge in [0.15, 0.2) is 5.82 Å². The summed E-state index contributed by atoms with van der Waals surface area (Å²) in [4.78, 5) is 23.9. The molecule has 0 bridgehead atoms. The van der Waals surface area contributed by atoms with Crippen molar-refractivity contribution in [2.45, 2.75) is 44.6 Å². The summed E-state index contributed by atoms with van der Waals surface area (Å²) in [7, 11) is 0. The standard InChI is InChI=1S/C20H23N3O/c24-20(23-12-6-10-15-7-4-5-11-18(15)23)17-13-21-19(22-14-17)16-8-2-1-3-9-16/h1-3,8-9,13-15,18H,4-7,10-12H2/t15-,18-/m1/s1. The zero-order valence-electron chi connectivity index (χ0n) is 13.9. The summed E-state index contributed by atoms with van der Waals surface area (Å²) in [6.07, 6.45) is 10.8. The molecule has 2 aromatic rings. The highest BCUT2D eigenvalue weighted by Gasteiger charge is 2.36. The van der Waals surface area contributed by atoms with Crippen molar-refractivity contribution in [3.63, 3.8) is 0 Å². The number of likely N-dealkylation sites (tertiary alicyclic amines) is 1. The van der Waals surface area contributed by atoms with Crippen LogP contribution >= 0.6 is 0 Å². The van der Waals surface area contributed by atoms with Crippen LogP contribution in [0.5, 0.6) is 0 Å². The minimum Gasteiger partial charge on any atom is -0.335 e. The molecule has 2 atom stereocenters. The number of piperidine rings is 1. The van der Waals surface area contributed by atoms with Crippen LogP contribution in [0, 0.1) is 5.92 Å². The minimum absolute atomic E-state index is 0.103. The molecule has 0 radical (unpaired) electrons. The van der Waals surface area contributed by atoms with Gasteiger partial charge in [-0.1, -0.05) is 43.2 Å². The molecule has 1 aliphatic carbocycles. The van der Waals surface area contributed by atoms with Gasteiger partial charge in [-0.3, -0.25) is 4.79 Å². The van der Waals surface area contributed by atoms with Crippen LogP contribution in [-0.2, 0) is 0 Å². The lowest BCUT2D eigenvalue weighted by Gasteiger charge is -2.44. The van der Waals surface area contributed by atoms with Crippen molar-refractivity contribution in [3.8, 4) is 11.4 Å². The number of hydrogen-bond acceptors (Lipinski definition) is 3. The Morgan fingerprint density at radius 1 is 0.958 bits per heavy atom. The van der Waals surface area contributed by atoms with Gasteiger partial charge in [-0.25, -0.2) is 9.97 Å². The van der Waals surface area contributed by atoms with Gasteiger partial charge in [-0.2, -0.15) is 0 Å². The van der Waals surface area contributed by atoms with Gasteiger partial charge in [0.05, 0.1) is 5.56 Å². The van der Waals surface area contributed by atoms with Gasteiger partial charge in [-0.15, -0.1) is 0 Å². The average Bonchev–Trinajstić information content (AvgIpc) is 2.68. The predicted octanol–water partition coefficient (Wildman–Crippen LogP) is 3.94. The fraction of sp³-hybridized carbons (Fsp3) is 0.450. The van der Waals surface area contributed by atoms with E-state index >= 15 is 0 Å². The van der Waals surface area contributed by atoms with E-state index in [1.165, 1.54) is 25.7 Å². The second-order valence-corrected chi connectivity index (χ2v) is 6.91. The van der Waals surface area contributed by atoms with Crippen LogP contribution in [0.15, 0.2) is 42.7 Å². The van der Waals surface area contributed by atoms with Crippen molar-refractivity contribution in [3.05, 3.63) is 48.3 Å². The molecule has 2 fully saturated rings. The summed E-state index contributed by atoms with van der Waals surface area (Å²) in [5, 5.41) is 0. The maximum Gasteiger partial charge on any atom is 0.257 e. The monoisotopic (exact) mass is 321 g/mol. The molecule has 0 N–H and O–H groups in total. The molecule has 4 nitrogen and oxygen atoms in total. The summed E-state index contributed by atoms with van der Waals surface area (Å²) >= 11 is 0. The van der Waals surface area contributed by atoms with Crippen molar-refractivity contribution >= 4 is 5.91 Å². The third kappa shape index (κ3) is 2.93. The maximum atomic E-state index is 12.9. The molecule has 4 rings (SSSR count). The first-order valence-electron chi connectivity index (χ1n) is 9.01. The highest BCUT2D eigenvalue weighted by Crippen LogP contribution is 2.35. The number of benzene rings is 1. The van der Waals surface area contributed by atoms with Gasteiger partial charge in [0.25, 0.3) is 5.91 Å². The fourth-order valence-electron chi connectivity index (χ4n) is 4.22. The number of hydrogen-bond donors (Lipinski definition) is 0. The Bertz CT molecular complexity index is 697. The smallest absolute Gasteiger partial charge is 0.257 e. The summed E-state index contributed by atoms with van der Waals surface area (Å²) in [6, 6.07) is 10.3. The van der Waals surface area contributed by atoms with Crippen molar-refractivity contribution in [2.75, 3.05) is 6.54 Å². The Hall–Kier alpha value is -2.23. The van der Waals surface area contributed by atoms with E-state index in [9.17, 15) is 4.79 Å². The summed E-state index contributed by atoms with van der Waals surface area (Å²) < 4.78 is 0. The molecule has 1 saturated heterocycles. The topological polar surface area (TPSA) is 46.1 Å². The Morgan fingerprint density at radius 2 is 1.67 bits per heavy atom. The van der Waals surface area contributed by atoms with Crippen LogP contribution in [0.1, 0.15) is 48.9 Å². The molecule has 2 heterocycles. The van der Waals surface area contributed by atoms with Crippen molar-refractivity contribution in [1.82, 2.24) is 14.9 Å². The number of carbonyl (C=O) groups is 1. The van der Waals surface area contributed by atoms with Crippen molar-refractivity contribution in [2.24, 2.45) is 5.92 Å². The van der Waals surface area contributed by atoms with E-state index in [4.69, 9.17) is 0 Å². The largest absolute Gasteiger partial charge is 0.335 e. The maximum absolute atomic E-state index is 12.9. The second-order valence-electron chi connectivity index (χ2n) is 6.91. The van der Waals surface area contributed by atoms with E-state index in [1.54, 1.807) is 12.4 Å². The molecular weight excluding hydrogens is 298 g/mol. The zero-order chi connectivity index (χ0) is 16.4. The molecule has 0 spiro atoms. The van der Waals surface area contributed by atoms with Crippen LogP contribution in [0.3, 0.4) is 0 Å². The van der Waals surface area contributed by atoms with E-state index in [1.807, 2.05) is 30.3 Å². The molecule has 1 amide bonds. The first-order chi connectivity index (χ1) is 11.8. The number of rotatable bonds is 2. The van der Waals surface area contributed by atoms with E-state index in [0.29, 0.717) is 23.3 Å². The predicted molar refractivity (Wildman–Crippen MR) is 93.5 cm³/mol. The number of amides is 1. The van der Waals surface area contributed by atoms with Crippen LogP contribution in [0.4, 0.5) is 0 Å². The number of aromatic nitrogens is 2. The van der Waals surface area contributed by atoms with Gasteiger partial charge in [0.1, 0.15) is 0 Å². The van der Waals surface area contributed by atoms with Gasteiger partial charge in [-0.05, 0) is 31.6 Å². The third-order valence-corrected chi connectivity index (χ3v) is 5.43. The van der Waals surface area contributed by atoms with Gasteiger partial charge in [0, 0.05) is 30.5 Å². The van der Waals surface area contributed by atoms with Crippen LogP contribution in [-0.4, -0.2) is 33.4 Å². The Labute approximate surface area is 142 Å². The molecular formula is C20H23N3O. The Balaban J connectivity index is 1.53. The van der Waals surface area contributed by atoms with Crippen molar-refractivity contribution < 1.29 is 4.79 Å². The quantitative estimate of drug-likeness (QED) is 0.841. The van der Waals surface area contributed by atoms with Crippen LogP contribution < -0.4 is 0 Å². The molecule has 1 aromatic heterocycles. The highest BCUT2D eigenvalue weighted by molar-refractivity contribution is 5.94. The lowest BCUT2D eigenvalue weighted by atomic mass is 9.78. The SMILES string of the molecule is O=C(c1cnc(-c2ccccc2)nc1)N1CCC[C@H]2CCCC[C@H]21. The number of carbonyl (C=O) groups excluding carboxylic acids is 1. The van der Waals surface area contributed by atoms with E-state index in [2.05, 4.69) is 14.9 Å². The van der Waals surface area contributed by atoms with Gasteiger partial charge < -0.3 is 4.90 Å². The van der Waals surface area contributed by atoms with Crippen LogP contribution in [0.25, 0.3) is 11.4 Å². The Kier molecular flexibility index (Phi) is 4.28. The second kappa shape index (κ2) is 6.71. The fourth-order valence-corrected chi connectivity index (χ4v) is 4.22. The van der Waals surface area contributed by atoms with Crippen LogP contribution in [0.2, 0.25) is 0 Å². The van der Waals surface area contributed by atoms with E-state index < -0.39 is 0 Å². The summed E-state index contributed by atoms with van der Waals surface area (Å²) in [5.74, 6) is 1.47.